The van der Waals surface area contributed by atoms with Crippen molar-refractivity contribution in [1.29, 1.82) is 0 Å². The van der Waals surface area contributed by atoms with Gasteiger partial charge >= 0.3 is 0 Å². The van der Waals surface area contributed by atoms with Crippen molar-refractivity contribution in [3.63, 3.8) is 0 Å². The van der Waals surface area contributed by atoms with Gasteiger partial charge in [0.05, 0.1) is 33.8 Å². The Bertz CT molecular complexity index is 2060. The van der Waals surface area contributed by atoms with Crippen molar-refractivity contribution in [3.05, 3.63) is 71.6 Å². The number of hydrogen-bond acceptors (Lipinski definition) is 7. The maximum Gasteiger partial charge on any atom is 0.297 e. The first-order valence-corrected chi connectivity index (χ1v) is 20.6. The number of sulfonamides is 1. The summed E-state index contributed by atoms with van der Waals surface area (Å²) in [5.41, 5.74) is 1.85. The van der Waals surface area contributed by atoms with E-state index in [4.69, 9.17) is 9.72 Å². The topological polar surface area (TPSA) is 128 Å². The molecule has 2 amide bonds. The summed E-state index contributed by atoms with van der Waals surface area (Å²) in [4.78, 5) is 49.7. The highest BCUT2D eigenvalue weighted by atomic mass is 32.2. The number of ketones is 1. The summed E-state index contributed by atoms with van der Waals surface area (Å²) in [6.45, 7) is 7.59. The molecule has 0 unspecified atom stereocenters. The van der Waals surface area contributed by atoms with Gasteiger partial charge in [-0.1, -0.05) is 49.3 Å². The standard InChI is InChI=1S/C41H51FN4O6S/c1-26(2)46-34-15-11-10-14-33(34)43-39(46)52-31-22-35-36(47)24-41(38(49)44-53(50,51)40(4)18-19-40)23-30(41)13-9-7-5-6-8-12-29(37(48)45(35)25-31)21-28-16-17-32(42)27(3)20-28/h9-11,13-17,20,26,29-31,35H,5-8,12,18-19,21-25H2,1-4H3,(H,44,49)/b13-9-/t29-,30+,31-,35+,41-/m1/s1. The molecule has 284 valence electrons. The fourth-order valence-electron chi connectivity index (χ4n) is 8.29. The number of aryl methyl sites for hydroxylation is 1. The summed E-state index contributed by atoms with van der Waals surface area (Å²) in [6.07, 6.45) is 9.18. The lowest BCUT2D eigenvalue weighted by Gasteiger charge is -2.29. The van der Waals surface area contributed by atoms with Crippen LogP contribution in [0, 0.1) is 30.0 Å². The predicted molar refractivity (Wildman–Crippen MR) is 200 cm³/mol. The van der Waals surface area contributed by atoms with E-state index in [9.17, 15) is 27.2 Å². The number of nitrogens with zero attached hydrogens (tertiary/aromatic N) is 3. The van der Waals surface area contributed by atoms with E-state index >= 15 is 0 Å². The highest BCUT2D eigenvalue weighted by Crippen LogP contribution is 2.57. The molecule has 2 aliphatic heterocycles. The fourth-order valence-corrected chi connectivity index (χ4v) is 9.63. The van der Waals surface area contributed by atoms with Gasteiger partial charge < -0.3 is 9.64 Å². The van der Waals surface area contributed by atoms with Gasteiger partial charge in [0.2, 0.25) is 21.8 Å². The Labute approximate surface area is 311 Å². The Morgan fingerprint density at radius 2 is 1.89 bits per heavy atom. The van der Waals surface area contributed by atoms with Gasteiger partial charge in [0.1, 0.15) is 11.9 Å². The Hall–Kier alpha value is -4.06. The molecule has 7 rings (SSSR count). The number of carbonyl (C=O) groups is 3. The molecule has 3 fully saturated rings. The molecule has 5 atom stereocenters. The number of imidazole rings is 1. The van der Waals surface area contributed by atoms with Crippen LogP contribution < -0.4 is 9.46 Å². The van der Waals surface area contributed by atoms with Gasteiger partial charge in [-0.15, -0.1) is 0 Å². The molecule has 0 bridgehead atoms. The van der Waals surface area contributed by atoms with Crippen molar-refractivity contribution >= 4 is 38.7 Å². The minimum atomic E-state index is -3.92. The number of halogens is 1. The lowest BCUT2D eigenvalue weighted by molar-refractivity contribution is -0.142. The van der Waals surface area contributed by atoms with E-state index in [0.717, 1.165) is 42.3 Å². The molecule has 2 aromatic carbocycles. The Morgan fingerprint density at radius 3 is 2.62 bits per heavy atom. The van der Waals surface area contributed by atoms with Gasteiger partial charge in [0.25, 0.3) is 6.01 Å². The molecule has 12 heteroatoms. The maximum absolute atomic E-state index is 14.7. The summed E-state index contributed by atoms with van der Waals surface area (Å²) in [5.74, 6) is -2.13. The highest BCUT2D eigenvalue weighted by Gasteiger charge is 2.62. The predicted octanol–water partition coefficient (Wildman–Crippen LogP) is 6.76. The third-order valence-corrected chi connectivity index (χ3v) is 14.2. The molecule has 2 aliphatic carbocycles. The molecule has 2 saturated carbocycles. The number of hydrogen-bond donors (Lipinski definition) is 1. The lowest BCUT2D eigenvalue weighted by Crippen LogP contribution is -2.47. The number of amides is 2. The van der Waals surface area contributed by atoms with Gasteiger partial charge in [-0.05, 0) is 108 Å². The maximum atomic E-state index is 14.7. The monoisotopic (exact) mass is 746 g/mol. The Balaban J connectivity index is 1.21. The van der Waals surface area contributed by atoms with E-state index in [1.807, 2.05) is 54.8 Å². The van der Waals surface area contributed by atoms with Crippen molar-refractivity contribution in [3.8, 4) is 6.01 Å². The van der Waals surface area contributed by atoms with E-state index in [1.165, 1.54) is 6.07 Å². The van der Waals surface area contributed by atoms with Gasteiger partial charge in [-0.25, -0.2) is 12.8 Å². The second kappa shape index (κ2) is 14.3. The highest BCUT2D eigenvalue weighted by molar-refractivity contribution is 7.91. The number of Topliss-reactive ketones (excluding diaryl/α,β-unsaturated/α-hetero) is 1. The van der Waals surface area contributed by atoms with Gasteiger partial charge in [-0.2, -0.15) is 4.98 Å². The van der Waals surface area contributed by atoms with Crippen LogP contribution in [0.1, 0.15) is 102 Å². The van der Waals surface area contributed by atoms with Crippen LogP contribution >= 0.6 is 0 Å². The molecular formula is C41H51FN4O6S. The van der Waals surface area contributed by atoms with Gasteiger partial charge in [0.15, 0.2) is 5.78 Å². The van der Waals surface area contributed by atoms with E-state index in [1.54, 1.807) is 30.9 Å². The minimum absolute atomic E-state index is 0.0310. The number of benzene rings is 2. The molecule has 1 aromatic heterocycles. The number of aromatic nitrogens is 2. The number of para-hydroxylation sites is 2. The quantitative estimate of drug-likeness (QED) is 0.253. The van der Waals surface area contributed by atoms with Crippen LogP contribution in [-0.4, -0.2) is 63.9 Å². The van der Waals surface area contributed by atoms with Crippen molar-refractivity contribution in [2.24, 2.45) is 17.3 Å². The van der Waals surface area contributed by atoms with Gasteiger partial charge in [0, 0.05) is 24.8 Å². The van der Waals surface area contributed by atoms with Crippen molar-refractivity contribution < 1.29 is 31.9 Å². The first kappa shape index (κ1) is 37.3. The zero-order valence-electron chi connectivity index (χ0n) is 31.1. The third-order valence-electron chi connectivity index (χ3n) is 12.0. The van der Waals surface area contributed by atoms with Crippen molar-refractivity contribution in [2.75, 3.05) is 6.54 Å². The van der Waals surface area contributed by atoms with E-state index < -0.39 is 44.2 Å². The second-order valence-electron chi connectivity index (χ2n) is 16.4. The first-order chi connectivity index (χ1) is 25.2. The number of fused-ring (bicyclic) bond motifs is 3. The van der Waals surface area contributed by atoms with Crippen LogP contribution in [0.25, 0.3) is 11.0 Å². The minimum Gasteiger partial charge on any atom is -0.459 e. The molecule has 10 nitrogen and oxygen atoms in total. The molecule has 1 saturated heterocycles. The third kappa shape index (κ3) is 7.40. The largest absolute Gasteiger partial charge is 0.459 e. The van der Waals surface area contributed by atoms with Crippen LogP contribution in [0.3, 0.4) is 0 Å². The molecule has 0 spiro atoms. The van der Waals surface area contributed by atoms with Crippen LogP contribution in [-0.2, 0) is 30.8 Å². The van der Waals surface area contributed by atoms with Crippen LogP contribution in [0.2, 0.25) is 0 Å². The second-order valence-corrected chi connectivity index (χ2v) is 18.6. The summed E-state index contributed by atoms with van der Waals surface area (Å²) >= 11 is 0. The molecule has 1 N–H and O–H groups in total. The Morgan fingerprint density at radius 1 is 1.11 bits per heavy atom. The van der Waals surface area contributed by atoms with E-state index in [0.29, 0.717) is 43.7 Å². The number of carbonyl (C=O) groups excluding carboxylic acids is 3. The first-order valence-electron chi connectivity index (χ1n) is 19.2. The smallest absolute Gasteiger partial charge is 0.297 e. The van der Waals surface area contributed by atoms with Crippen LogP contribution in [0.4, 0.5) is 4.39 Å². The number of allylic oxidation sites excluding steroid dienone is 2. The molecule has 3 aromatic rings. The van der Waals surface area contributed by atoms with E-state index in [2.05, 4.69) is 4.72 Å². The zero-order chi connectivity index (χ0) is 37.7. The SMILES string of the molecule is Cc1cc(C[C@H]2CCCCC/C=C\[C@H]3C[C@@]3(C(=O)NS(=O)(=O)C3(C)CC3)CC(=O)[C@@H]3C[C@@H](Oc4nc5ccccc5n4C(C)C)CN3C2=O)ccc1F. The van der Waals surface area contributed by atoms with Crippen molar-refractivity contribution in [2.45, 2.75) is 121 Å². The van der Waals surface area contributed by atoms with Crippen LogP contribution in [0.5, 0.6) is 6.01 Å². The normalized spacial score (nSPS) is 28.2. The lowest BCUT2D eigenvalue weighted by atomic mass is 9.89. The van der Waals surface area contributed by atoms with Crippen molar-refractivity contribution in [1.82, 2.24) is 19.2 Å². The molecule has 0 radical (unpaired) electrons. The zero-order valence-corrected chi connectivity index (χ0v) is 32.0. The Kier molecular flexibility index (Phi) is 10.1. The molecular weight excluding hydrogens is 696 g/mol. The van der Waals surface area contributed by atoms with Crippen LogP contribution in [0.15, 0.2) is 54.6 Å². The summed E-state index contributed by atoms with van der Waals surface area (Å²) in [5, 5.41) is 0. The number of ether oxygens (including phenoxy) is 1. The van der Waals surface area contributed by atoms with E-state index in [-0.39, 0.29) is 48.9 Å². The molecule has 53 heavy (non-hydrogen) atoms. The van der Waals surface area contributed by atoms with Gasteiger partial charge in [-0.3, -0.25) is 23.7 Å². The fraction of sp³-hybridized carbons (Fsp3) is 0.561. The summed E-state index contributed by atoms with van der Waals surface area (Å²) < 4.78 is 50.6. The average molecular weight is 747 g/mol. The summed E-state index contributed by atoms with van der Waals surface area (Å²) in [6, 6.07) is 12.3. The number of nitrogens with one attached hydrogen (secondary N) is 1. The number of rotatable bonds is 8. The summed E-state index contributed by atoms with van der Waals surface area (Å²) in [7, 11) is -3.92. The molecule has 3 heterocycles. The molecule has 4 aliphatic rings. The average Bonchev–Trinajstić information content (AvgIpc) is 3.93.